The largest absolute Gasteiger partial charge is 0.317 e. The standard InChI is InChI=1S/C14H31N3/c1-6-17-9-7-8-14(17)11-16(5)13(3)10-12(2)15-4/h12-15H,6-11H2,1-5H3. The minimum atomic E-state index is 0.610. The van der Waals surface area contributed by atoms with Gasteiger partial charge in [-0.1, -0.05) is 6.92 Å². The van der Waals surface area contributed by atoms with Crippen molar-refractivity contribution in [3.63, 3.8) is 0 Å². The molecule has 3 atom stereocenters. The third-order valence-electron chi connectivity index (χ3n) is 4.34. The van der Waals surface area contributed by atoms with E-state index in [1.165, 1.54) is 38.9 Å². The van der Waals surface area contributed by atoms with Crippen LogP contribution in [0.25, 0.3) is 0 Å². The highest BCUT2D eigenvalue weighted by Crippen LogP contribution is 2.18. The summed E-state index contributed by atoms with van der Waals surface area (Å²) in [4.78, 5) is 5.16. The summed E-state index contributed by atoms with van der Waals surface area (Å²) < 4.78 is 0. The van der Waals surface area contributed by atoms with Crippen LogP contribution >= 0.6 is 0 Å². The van der Waals surface area contributed by atoms with Gasteiger partial charge in [0.05, 0.1) is 0 Å². The highest BCUT2D eigenvalue weighted by molar-refractivity contribution is 4.82. The second-order valence-electron chi connectivity index (χ2n) is 5.64. The number of hydrogen-bond donors (Lipinski definition) is 1. The van der Waals surface area contributed by atoms with E-state index in [9.17, 15) is 0 Å². The zero-order valence-electron chi connectivity index (χ0n) is 12.4. The summed E-state index contributed by atoms with van der Waals surface area (Å²) in [5.41, 5.74) is 0. The highest BCUT2D eigenvalue weighted by atomic mass is 15.2. The van der Waals surface area contributed by atoms with Crippen LogP contribution in [-0.2, 0) is 0 Å². The molecule has 0 aromatic heterocycles. The maximum Gasteiger partial charge on any atom is 0.0223 e. The number of likely N-dealkylation sites (tertiary alicyclic amines) is 1. The van der Waals surface area contributed by atoms with Gasteiger partial charge in [-0.15, -0.1) is 0 Å². The van der Waals surface area contributed by atoms with Gasteiger partial charge in [0, 0.05) is 24.7 Å². The fourth-order valence-electron chi connectivity index (χ4n) is 2.84. The van der Waals surface area contributed by atoms with Crippen molar-refractivity contribution in [2.75, 3.05) is 33.7 Å². The molecule has 0 aromatic rings. The van der Waals surface area contributed by atoms with Crippen molar-refractivity contribution in [2.45, 2.75) is 58.2 Å². The molecule has 0 amide bonds. The lowest BCUT2D eigenvalue weighted by Gasteiger charge is -2.32. The van der Waals surface area contributed by atoms with Crippen LogP contribution in [0, 0.1) is 0 Å². The molecule has 0 spiro atoms. The predicted octanol–water partition coefficient (Wildman–Crippen LogP) is 1.79. The number of likely N-dealkylation sites (N-methyl/N-ethyl adjacent to an activating group) is 2. The zero-order chi connectivity index (χ0) is 12.8. The molecule has 1 saturated heterocycles. The van der Waals surface area contributed by atoms with Gasteiger partial charge in [-0.2, -0.15) is 0 Å². The quantitative estimate of drug-likeness (QED) is 0.733. The monoisotopic (exact) mass is 241 g/mol. The molecule has 3 unspecified atom stereocenters. The van der Waals surface area contributed by atoms with Gasteiger partial charge in [-0.25, -0.2) is 0 Å². The summed E-state index contributed by atoms with van der Waals surface area (Å²) >= 11 is 0. The first-order chi connectivity index (χ1) is 8.08. The molecular weight excluding hydrogens is 210 g/mol. The molecule has 17 heavy (non-hydrogen) atoms. The first-order valence-corrected chi connectivity index (χ1v) is 7.20. The van der Waals surface area contributed by atoms with Gasteiger partial charge in [0.25, 0.3) is 0 Å². The summed E-state index contributed by atoms with van der Waals surface area (Å²) in [6.45, 7) is 10.6. The van der Waals surface area contributed by atoms with Crippen molar-refractivity contribution >= 4 is 0 Å². The van der Waals surface area contributed by atoms with Gasteiger partial charge < -0.3 is 10.2 Å². The second-order valence-corrected chi connectivity index (χ2v) is 5.64. The van der Waals surface area contributed by atoms with Crippen molar-refractivity contribution in [2.24, 2.45) is 0 Å². The molecule has 1 aliphatic rings. The average Bonchev–Trinajstić information content (AvgIpc) is 2.75. The lowest BCUT2D eigenvalue weighted by molar-refractivity contribution is 0.160. The van der Waals surface area contributed by atoms with Gasteiger partial charge in [0.2, 0.25) is 0 Å². The maximum atomic E-state index is 3.33. The van der Waals surface area contributed by atoms with Gasteiger partial charge in [-0.05, 0) is 60.3 Å². The summed E-state index contributed by atoms with van der Waals surface area (Å²) in [7, 11) is 4.33. The van der Waals surface area contributed by atoms with E-state index in [4.69, 9.17) is 0 Å². The molecule has 1 rings (SSSR count). The van der Waals surface area contributed by atoms with Gasteiger partial charge in [0.15, 0.2) is 0 Å². The van der Waals surface area contributed by atoms with Crippen LogP contribution in [0.5, 0.6) is 0 Å². The van der Waals surface area contributed by atoms with E-state index in [1.807, 2.05) is 7.05 Å². The molecule has 0 aliphatic carbocycles. The first kappa shape index (κ1) is 14.9. The van der Waals surface area contributed by atoms with Crippen LogP contribution in [-0.4, -0.2) is 61.7 Å². The summed E-state index contributed by atoms with van der Waals surface area (Å²) in [5.74, 6) is 0. The molecule has 102 valence electrons. The number of nitrogens with one attached hydrogen (secondary N) is 1. The van der Waals surface area contributed by atoms with Gasteiger partial charge in [0.1, 0.15) is 0 Å². The third-order valence-corrected chi connectivity index (χ3v) is 4.34. The lowest BCUT2D eigenvalue weighted by atomic mass is 10.1. The molecule has 1 N–H and O–H groups in total. The van der Waals surface area contributed by atoms with Crippen LogP contribution in [0.3, 0.4) is 0 Å². The molecule has 3 nitrogen and oxygen atoms in total. The predicted molar refractivity (Wildman–Crippen MR) is 75.5 cm³/mol. The van der Waals surface area contributed by atoms with Gasteiger partial charge in [-0.3, -0.25) is 4.90 Å². The Labute approximate surface area is 108 Å². The molecule has 0 radical (unpaired) electrons. The Morgan fingerprint density at radius 3 is 2.71 bits per heavy atom. The molecule has 1 fully saturated rings. The zero-order valence-corrected chi connectivity index (χ0v) is 12.4. The fraction of sp³-hybridized carbons (Fsp3) is 1.00. The second kappa shape index (κ2) is 7.34. The van der Waals surface area contributed by atoms with E-state index in [2.05, 4.69) is 42.9 Å². The van der Waals surface area contributed by atoms with Crippen LogP contribution < -0.4 is 5.32 Å². The Morgan fingerprint density at radius 1 is 1.41 bits per heavy atom. The number of rotatable bonds is 7. The molecule has 1 heterocycles. The number of hydrogen-bond acceptors (Lipinski definition) is 3. The first-order valence-electron chi connectivity index (χ1n) is 7.20. The minimum Gasteiger partial charge on any atom is -0.317 e. The Balaban J connectivity index is 2.34. The molecule has 0 aromatic carbocycles. The Hall–Kier alpha value is -0.120. The lowest BCUT2D eigenvalue weighted by Crippen LogP contribution is -2.43. The van der Waals surface area contributed by atoms with Crippen molar-refractivity contribution in [3.05, 3.63) is 0 Å². The van der Waals surface area contributed by atoms with E-state index in [1.54, 1.807) is 0 Å². The highest BCUT2D eigenvalue weighted by Gasteiger charge is 2.25. The van der Waals surface area contributed by atoms with Crippen LogP contribution in [0.15, 0.2) is 0 Å². The van der Waals surface area contributed by atoms with Crippen LogP contribution in [0.4, 0.5) is 0 Å². The molecule has 3 heteroatoms. The SMILES string of the molecule is CCN1CCCC1CN(C)C(C)CC(C)NC. The molecular formula is C14H31N3. The molecule has 0 saturated carbocycles. The molecule has 1 aliphatic heterocycles. The minimum absolute atomic E-state index is 0.610. The van der Waals surface area contributed by atoms with Gasteiger partial charge >= 0.3 is 0 Å². The van der Waals surface area contributed by atoms with E-state index < -0.39 is 0 Å². The van der Waals surface area contributed by atoms with E-state index >= 15 is 0 Å². The summed E-state index contributed by atoms with van der Waals surface area (Å²) in [5, 5.41) is 3.33. The maximum absolute atomic E-state index is 3.33. The van der Waals surface area contributed by atoms with Crippen molar-refractivity contribution in [3.8, 4) is 0 Å². The summed E-state index contributed by atoms with van der Waals surface area (Å²) in [6.07, 6.45) is 3.99. The topological polar surface area (TPSA) is 18.5 Å². The van der Waals surface area contributed by atoms with E-state index in [0.29, 0.717) is 12.1 Å². The molecule has 0 bridgehead atoms. The van der Waals surface area contributed by atoms with Crippen molar-refractivity contribution in [1.29, 1.82) is 0 Å². The third kappa shape index (κ3) is 4.57. The smallest absolute Gasteiger partial charge is 0.0223 e. The Bertz CT molecular complexity index is 208. The number of nitrogens with zero attached hydrogens (tertiary/aromatic N) is 2. The van der Waals surface area contributed by atoms with Crippen LogP contribution in [0.2, 0.25) is 0 Å². The van der Waals surface area contributed by atoms with Crippen molar-refractivity contribution in [1.82, 2.24) is 15.1 Å². The Kier molecular flexibility index (Phi) is 6.45. The average molecular weight is 241 g/mol. The fourth-order valence-corrected chi connectivity index (χ4v) is 2.84. The van der Waals surface area contributed by atoms with E-state index in [0.717, 1.165) is 6.04 Å². The van der Waals surface area contributed by atoms with E-state index in [-0.39, 0.29) is 0 Å². The Morgan fingerprint density at radius 2 is 2.12 bits per heavy atom. The summed E-state index contributed by atoms with van der Waals surface area (Å²) in [6, 6.07) is 2.06. The van der Waals surface area contributed by atoms with Crippen LogP contribution in [0.1, 0.15) is 40.0 Å². The normalized spacial score (nSPS) is 25.4. The van der Waals surface area contributed by atoms with Crippen molar-refractivity contribution < 1.29 is 0 Å².